The summed E-state index contributed by atoms with van der Waals surface area (Å²) in [5, 5.41) is 3.16. The van der Waals surface area contributed by atoms with Crippen LogP contribution in [-0.2, 0) is 16.1 Å². The van der Waals surface area contributed by atoms with E-state index in [-0.39, 0.29) is 24.1 Å². The zero-order valence-corrected chi connectivity index (χ0v) is 18.2. The lowest BCUT2D eigenvalue weighted by Gasteiger charge is -2.15. The highest BCUT2D eigenvalue weighted by Crippen LogP contribution is 2.33. The van der Waals surface area contributed by atoms with Gasteiger partial charge in [-0.15, -0.1) is 0 Å². The number of benzene rings is 3. The SMILES string of the molecule is COc1cc(NC2=C(c3ccc(C)cc3)C(=O)N(Cc3ccccc3)C2=O)cc(OC)c1. The summed E-state index contributed by atoms with van der Waals surface area (Å²) in [6.07, 6.45) is 0. The molecule has 0 fully saturated rings. The Labute approximate surface area is 187 Å². The van der Waals surface area contributed by atoms with Crippen molar-refractivity contribution < 1.29 is 19.1 Å². The number of hydrogen-bond acceptors (Lipinski definition) is 5. The molecule has 0 unspecified atom stereocenters. The maximum atomic E-state index is 13.4. The number of hydrogen-bond donors (Lipinski definition) is 1. The van der Waals surface area contributed by atoms with Crippen molar-refractivity contribution in [3.05, 3.63) is 95.2 Å². The summed E-state index contributed by atoms with van der Waals surface area (Å²) >= 11 is 0. The Balaban J connectivity index is 1.76. The summed E-state index contributed by atoms with van der Waals surface area (Å²) in [6, 6.07) is 22.3. The minimum absolute atomic E-state index is 0.195. The van der Waals surface area contributed by atoms with Gasteiger partial charge in [-0.2, -0.15) is 0 Å². The van der Waals surface area contributed by atoms with Crippen LogP contribution in [0.1, 0.15) is 16.7 Å². The summed E-state index contributed by atoms with van der Waals surface area (Å²) < 4.78 is 10.7. The van der Waals surface area contributed by atoms with Gasteiger partial charge in [-0.25, -0.2) is 0 Å². The van der Waals surface area contributed by atoms with Crippen molar-refractivity contribution in [1.82, 2.24) is 4.90 Å². The van der Waals surface area contributed by atoms with Gasteiger partial charge in [-0.05, 0) is 18.1 Å². The zero-order chi connectivity index (χ0) is 22.7. The van der Waals surface area contributed by atoms with Crippen LogP contribution in [0.15, 0.2) is 78.5 Å². The van der Waals surface area contributed by atoms with E-state index in [0.29, 0.717) is 28.3 Å². The number of nitrogens with one attached hydrogen (secondary N) is 1. The minimum Gasteiger partial charge on any atom is -0.497 e. The summed E-state index contributed by atoms with van der Waals surface area (Å²) in [5.41, 5.74) is 3.78. The second-order valence-electron chi connectivity index (χ2n) is 7.52. The molecule has 6 heteroatoms. The Hall–Kier alpha value is -4.06. The van der Waals surface area contributed by atoms with Crippen LogP contribution in [0.3, 0.4) is 0 Å². The molecule has 1 heterocycles. The highest BCUT2D eigenvalue weighted by Gasteiger charge is 2.39. The normalized spacial score (nSPS) is 13.5. The lowest BCUT2D eigenvalue weighted by Crippen LogP contribution is -2.31. The zero-order valence-electron chi connectivity index (χ0n) is 18.2. The van der Waals surface area contributed by atoms with E-state index in [2.05, 4.69) is 5.32 Å². The Morgan fingerprint density at radius 2 is 1.44 bits per heavy atom. The Bertz CT molecular complexity index is 1160. The van der Waals surface area contributed by atoms with Crippen LogP contribution < -0.4 is 14.8 Å². The average Bonchev–Trinajstić information content (AvgIpc) is 3.04. The van der Waals surface area contributed by atoms with E-state index >= 15 is 0 Å². The van der Waals surface area contributed by atoms with E-state index in [1.807, 2.05) is 61.5 Å². The van der Waals surface area contributed by atoms with E-state index in [1.54, 1.807) is 32.4 Å². The van der Waals surface area contributed by atoms with Crippen molar-refractivity contribution in [1.29, 1.82) is 0 Å². The summed E-state index contributed by atoms with van der Waals surface area (Å²) in [7, 11) is 3.11. The van der Waals surface area contributed by atoms with Gasteiger partial charge in [0, 0.05) is 23.9 Å². The number of methoxy groups -OCH3 is 2. The minimum atomic E-state index is -0.379. The van der Waals surface area contributed by atoms with Gasteiger partial charge >= 0.3 is 0 Å². The first-order valence-corrected chi connectivity index (χ1v) is 10.2. The first-order chi connectivity index (χ1) is 15.5. The second-order valence-corrected chi connectivity index (χ2v) is 7.52. The van der Waals surface area contributed by atoms with Gasteiger partial charge in [0.25, 0.3) is 11.8 Å². The largest absolute Gasteiger partial charge is 0.497 e. The molecule has 0 bridgehead atoms. The number of rotatable bonds is 7. The molecule has 0 spiro atoms. The van der Waals surface area contributed by atoms with Gasteiger partial charge in [0.15, 0.2) is 0 Å². The molecule has 1 aliphatic heterocycles. The maximum Gasteiger partial charge on any atom is 0.278 e. The third-order valence-electron chi connectivity index (χ3n) is 5.31. The molecule has 2 amide bonds. The smallest absolute Gasteiger partial charge is 0.278 e. The fourth-order valence-corrected chi connectivity index (χ4v) is 3.61. The van der Waals surface area contributed by atoms with Gasteiger partial charge in [0.2, 0.25) is 0 Å². The van der Waals surface area contributed by atoms with E-state index in [1.165, 1.54) is 4.90 Å². The number of imide groups is 1. The molecule has 0 atom stereocenters. The first-order valence-electron chi connectivity index (χ1n) is 10.2. The van der Waals surface area contributed by atoms with Crippen LogP contribution in [0.4, 0.5) is 5.69 Å². The number of nitrogens with zero attached hydrogens (tertiary/aromatic N) is 1. The Morgan fingerprint density at radius 1 is 0.812 bits per heavy atom. The topological polar surface area (TPSA) is 67.9 Å². The molecule has 162 valence electrons. The molecule has 6 nitrogen and oxygen atoms in total. The van der Waals surface area contributed by atoms with Gasteiger partial charge in [-0.1, -0.05) is 60.2 Å². The molecule has 3 aromatic carbocycles. The highest BCUT2D eigenvalue weighted by atomic mass is 16.5. The number of aryl methyl sites for hydroxylation is 1. The van der Waals surface area contributed by atoms with Crippen molar-refractivity contribution in [3.63, 3.8) is 0 Å². The van der Waals surface area contributed by atoms with Gasteiger partial charge < -0.3 is 14.8 Å². The number of anilines is 1. The molecule has 1 aliphatic rings. The molecule has 0 radical (unpaired) electrons. The fourth-order valence-electron chi connectivity index (χ4n) is 3.61. The van der Waals surface area contributed by atoms with Crippen molar-refractivity contribution in [2.45, 2.75) is 13.5 Å². The Kier molecular flexibility index (Phi) is 5.94. The number of carbonyl (C=O) groups excluding carboxylic acids is 2. The molecule has 0 aliphatic carbocycles. The van der Waals surface area contributed by atoms with Gasteiger partial charge in [0.05, 0.1) is 26.3 Å². The van der Waals surface area contributed by atoms with Gasteiger partial charge in [0.1, 0.15) is 17.2 Å². The van der Waals surface area contributed by atoms with Crippen LogP contribution in [-0.4, -0.2) is 30.9 Å². The third-order valence-corrected chi connectivity index (χ3v) is 5.31. The fraction of sp³-hybridized carbons (Fsp3) is 0.154. The van der Waals surface area contributed by atoms with Crippen molar-refractivity contribution >= 4 is 23.1 Å². The summed E-state index contributed by atoms with van der Waals surface area (Å²) in [6.45, 7) is 2.17. The predicted molar refractivity (Wildman–Crippen MR) is 123 cm³/mol. The number of amides is 2. The molecular weight excluding hydrogens is 404 g/mol. The standard InChI is InChI=1S/C26H24N2O4/c1-17-9-11-19(12-10-17)23-24(27-20-13-21(31-2)15-22(14-20)32-3)26(30)28(25(23)29)16-18-7-5-4-6-8-18/h4-15,27H,16H2,1-3H3. The van der Waals surface area contributed by atoms with Crippen LogP contribution in [0, 0.1) is 6.92 Å². The quantitative estimate of drug-likeness (QED) is 0.565. The van der Waals surface area contributed by atoms with Crippen LogP contribution in [0.2, 0.25) is 0 Å². The average molecular weight is 428 g/mol. The van der Waals surface area contributed by atoms with Crippen LogP contribution in [0.5, 0.6) is 11.5 Å². The van der Waals surface area contributed by atoms with Crippen LogP contribution >= 0.6 is 0 Å². The second kappa shape index (κ2) is 8.98. The monoisotopic (exact) mass is 428 g/mol. The molecular formula is C26H24N2O4. The molecule has 32 heavy (non-hydrogen) atoms. The number of carbonyl (C=O) groups is 2. The first kappa shape index (κ1) is 21.2. The predicted octanol–water partition coefficient (Wildman–Crippen LogP) is 4.40. The van der Waals surface area contributed by atoms with Gasteiger partial charge in [-0.3, -0.25) is 14.5 Å². The maximum absolute atomic E-state index is 13.4. The number of ether oxygens (including phenoxy) is 2. The Morgan fingerprint density at radius 3 is 2.03 bits per heavy atom. The van der Waals surface area contributed by atoms with E-state index in [0.717, 1.165) is 11.1 Å². The van der Waals surface area contributed by atoms with E-state index in [9.17, 15) is 9.59 Å². The molecule has 3 aromatic rings. The highest BCUT2D eigenvalue weighted by molar-refractivity contribution is 6.36. The molecule has 0 saturated heterocycles. The summed E-state index contributed by atoms with van der Waals surface area (Å²) in [5.74, 6) is 0.431. The van der Waals surface area contributed by atoms with E-state index < -0.39 is 0 Å². The van der Waals surface area contributed by atoms with Crippen molar-refractivity contribution in [3.8, 4) is 11.5 Å². The lowest BCUT2D eigenvalue weighted by atomic mass is 10.0. The molecule has 0 aromatic heterocycles. The summed E-state index contributed by atoms with van der Waals surface area (Å²) in [4.78, 5) is 28.1. The molecule has 4 rings (SSSR count). The van der Waals surface area contributed by atoms with E-state index in [4.69, 9.17) is 9.47 Å². The third kappa shape index (κ3) is 4.21. The molecule has 1 N–H and O–H groups in total. The van der Waals surface area contributed by atoms with Crippen molar-refractivity contribution in [2.75, 3.05) is 19.5 Å². The molecule has 0 saturated carbocycles. The van der Waals surface area contributed by atoms with Crippen molar-refractivity contribution in [2.24, 2.45) is 0 Å². The lowest BCUT2D eigenvalue weighted by molar-refractivity contribution is -0.137. The van der Waals surface area contributed by atoms with Crippen LogP contribution in [0.25, 0.3) is 5.57 Å².